The molecule has 35 heavy (non-hydrogen) atoms. The molecule has 0 amide bonds. The van der Waals surface area contributed by atoms with Crippen LogP contribution in [0.15, 0.2) is 47.3 Å². The molecule has 8 heteroatoms. The Bertz CT molecular complexity index is 1370. The number of nitrogens with one attached hydrogen (secondary N) is 1. The number of hydrogen-bond donors (Lipinski definition) is 1. The summed E-state index contributed by atoms with van der Waals surface area (Å²) in [6, 6.07) is 13.8. The molecule has 1 atom stereocenters. The number of aromatic nitrogens is 5. The van der Waals surface area contributed by atoms with Crippen LogP contribution >= 0.6 is 0 Å². The second-order valence-corrected chi connectivity index (χ2v) is 9.50. The first-order valence-corrected chi connectivity index (χ1v) is 12.3. The lowest BCUT2D eigenvalue weighted by atomic mass is 10.0. The second-order valence-electron chi connectivity index (χ2n) is 9.50. The Morgan fingerprint density at radius 1 is 1.03 bits per heavy atom. The second kappa shape index (κ2) is 10.00. The number of aryl methyl sites for hydroxylation is 2. The van der Waals surface area contributed by atoms with Crippen molar-refractivity contribution in [3.8, 4) is 5.75 Å². The minimum Gasteiger partial charge on any atom is -0.497 e. The van der Waals surface area contributed by atoms with Crippen LogP contribution in [0.3, 0.4) is 0 Å². The number of ether oxygens (including phenoxy) is 1. The number of rotatable bonds is 6. The summed E-state index contributed by atoms with van der Waals surface area (Å²) >= 11 is 0. The molecule has 3 heterocycles. The number of methoxy groups -OCH3 is 1. The first kappa shape index (κ1) is 23.2. The molecule has 2 aromatic heterocycles. The minimum atomic E-state index is -0.324. The van der Waals surface area contributed by atoms with Gasteiger partial charge in [0.2, 0.25) is 0 Å². The number of aromatic amines is 1. The van der Waals surface area contributed by atoms with Gasteiger partial charge in [-0.3, -0.25) is 9.69 Å². The minimum absolute atomic E-state index is 0.0855. The molecule has 1 fully saturated rings. The van der Waals surface area contributed by atoms with E-state index in [2.05, 4.69) is 44.5 Å². The van der Waals surface area contributed by atoms with Crippen LogP contribution < -0.4 is 10.3 Å². The van der Waals surface area contributed by atoms with Crippen LogP contribution in [0.4, 0.5) is 0 Å². The van der Waals surface area contributed by atoms with E-state index in [1.807, 2.05) is 41.9 Å². The molecule has 1 saturated heterocycles. The van der Waals surface area contributed by atoms with Crippen molar-refractivity contribution in [1.82, 2.24) is 30.1 Å². The fourth-order valence-corrected chi connectivity index (χ4v) is 5.18. The highest BCUT2D eigenvalue weighted by Crippen LogP contribution is 2.30. The number of pyridine rings is 1. The van der Waals surface area contributed by atoms with Gasteiger partial charge in [-0.25, -0.2) is 4.68 Å². The fraction of sp³-hybridized carbons (Fsp3) is 0.407. The Kier molecular flexibility index (Phi) is 6.63. The molecular formula is C27H32N6O2. The summed E-state index contributed by atoms with van der Waals surface area (Å²) < 4.78 is 7.11. The number of hydrogen-bond acceptors (Lipinski definition) is 6. The van der Waals surface area contributed by atoms with Crippen LogP contribution in [-0.2, 0) is 6.54 Å². The summed E-state index contributed by atoms with van der Waals surface area (Å²) in [5, 5.41) is 13.9. The molecule has 1 aliphatic heterocycles. The Hall–Kier alpha value is -3.52. The molecule has 0 unspecified atom stereocenters. The Morgan fingerprint density at radius 3 is 2.49 bits per heavy atom. The quantitative estimate of drug-likeness (QED) is 0.453. The molecular weight excluding hydrogens is 440 g/mol. The van der Waals surface area contributed by atoms with Crippen LogP contribution in [0, 0.1) is 13.8 Å². The molecule has 8 nitrogen and oxygen atoms in total. The van der Waals surface area contributed by atoms with Gasteiger partial charge < -0.3 is 9.72 Å². The van der Waals surface area contributed by atoms with E-state index in [1.54, 1.807) is 7.11 Å². The number of H-pyrrole nitrogens is 1. The van der Waals surface area contributed by atoms with Gasteiger partial charge in [0.15, 0.2) is 5.82 Å². The van der Waals surface area contributed by atoms with E-state index in [0.29, 0.717) is 17.9 Å². The number of tetrazole rings is 1. The van der Waals surface area contributed by atoms with Gasteiger partial charge in [-0.05, 0) is 91.0 Å². The van der Waals surface area contributed by atoms with Crippen LogP contribution in [-0.4, -0.2) is 50.3 Å². The van der Waals surface area contributed by atoms with Gasteiger partial charge in [0.25, 0.3) is 5.56 Å². The molecule has 1 N–H and O–H groups in total. The standard InChI is InChI=1S/C27H32N6O2/c1-18-14-19(2)24-21(15-18)16-23(27(34)28-24)25(32-12-6-4-5-7-13-32)26-29-30-31-33(26)17-20-8-10-22(35-3)11-9-20/h8-11,14-16,25H,4-7,12-13,17H2,1-3H3,(H,28,34)/t25-/m0/s1. The highest BCUT2D eigenvalue weighted by molar-refractivity contribution is 5.83. The van der Waals surface area contributed by atoms with Gasteiger partial charge in [0, 0.05) is 5.56 Å². The zero-order valence-corrected chi connectivity index (χ0v) is 20.6. The molecule has 5 rings (SSSR count). The lowest BCUT2D eigenvalue weighted by Gasteiger charge is -2.29. The van der Waals surface area contributed by atoms with Crippen LogP contribution in [0.5, 0.6) is 5.75 Å². The first-order chi connectivity index (χ1) is 17.0. The largest absolute Gasteiger partial charge is 0.497 e. The molecule has 0 aliphatic carbocycles. The van der Waals surface area contributed by atoms with Crippen molar-refractivity contribution in [2.24, 2.45) is 0 Å². The third kappa shape index (κ3) is 4.84. The fourth-order valence-electron chi connectivity index (χ4n) is 5.18. The van der Waals surface area contributed by atoms with Gasteiger partial charge in [-0.1, -0.05) is 36.6 Å². The van der Waals surface area contributed by atoms with Crippen LogP contribution in [0.2, 0.25) is 0 Å². The van der Waals surface area contributed by atoms with Crippen molar-refractivity contribution in [3.63, 3.8) is 0 Å². The lowest BCUT2D eigenvalue weighted by molar-refractivity contribution is 0.220. The third-order valence-corrected chi connectivity index (χ3v) is 6.92. The van der Waals surface area contributed by atoms with E-state index in [-0.39, 0.29) is 11.6 Å². The maximum absolute atomic E-state index is 13.5. The molecule has 0 saturated carbocycles. The summed E-state index contributed by atoms with van der Waals surface area (Å²) in [5.41, 5.74) is 4.79. The molecule has 0 bridgehead atoms. The molecule has 1 aliphatic rings. The molecule has 0 radical (unpaired) electrons. The number of likely N-dealkylation sites (tertiary alicyclic amines) is 1. The van der Waals surface area contributed by atoms with Crippen molar-refractivity contribution < 1.29 is 4.74 Å². The van der Waals surface area contributed by atoms with Gasteiger partial charge in [-0.2, -0.15) is 0 Å². The Morgan fingerprint density at radius 2 is 1.77 bits per heavy atom. The van der Waals surface area contributed by atoms with Crippen molar-refractivity contribution in [1.29, 1.82) is 0 Å². The topological polar surface area (TPSA) is 88.9 Å². The lowest BCUT2D eigenvalue weighted by Crippen LogP contribution is -2.36. The van der Waals surface area contributed by atoms with Crippen LogP contribution in [0.1, 0.15) is 59.8 Å². The summed E-state index contributed by atoms with van der Waals surface area (Å²) in [6.45, 7) is 6.45. The smallest absolute Gasteiger partial charge is 0.253 e. The van der Waals surface area contributed by atoms with Crippen molar-refractivity contribution in [2.45, 2.75) is 52.1 Å². The van der Waals surface area contributed by atoms with Crippen molar-refractivity contribution in [2.75, 3.05) is 20.2 Å². The predicted molar refractivity (Wildman–Crippen MR) is 136 cm³/mol. The average molecular weight is 473 g/mol. The predicted octanol–water partition coefficient (Wildman–Crippen LogP) is 4.15. The van der Waals surface area contributed by atoms with Gasteiger partial charge in [0.1, 0.15) is 11.8 Å². The van der Waals surface area contributed by atoms with E-state index in [9.17, 15) is 4.79 Å². The summed E-state index contributed by atoms with van der Waals surface area (Å²) in [7, 11) is 1.66. The number of fused-ring (bicyclic) bond motifs is 1. The van der Waals surface area contributed by atoms with Crippen LogP contribution in [0.25, 0.3) is 10.9 Å². The molecule has 2 aromatic carbocycles. The maximum atomic E-state index is 13.5. The summed E-state index contributed by atoms with van der Waals surface area (Å²) in [4.78, 5) is 19.0. The van der Waals surface area contributed by atoms with E-state index < -0.39 is 0 Å². The summed E-state index contributed by atoms with van der Waals surface area (Å²) in [6.07, 6.45) is 4.60. The average Bonchev–Trinajstić information content (AvgIpc) is 3.12. The van der Waals surface area contributed by atoms with Crippen molar-refractivity contribution >= 4 is 10.9 Å². The number of benzene rings is 2. The SMILES string of the molecule is COc1ccc(Cn2nnnc2[C@H](c2cc3cc(C)cc(C)c3[nH]c2=O)N2CCCCCC2)cc1. The van der Waals surface area contributed by atoms with E-state index in [1.165, 1.54) is 18.4 Å². The first-order valence-electron chi connectivity index (χ1n) is 12.3. The van der Waals surface area contributed by atoms with Crippen molar-refractivity contribution in [3.05, 3.63) is 80.9 Å². The normalized spacial score (nSPS) is 15.7. The van der Waals surface area contributed by atoms with E-state index >= 15 is 0 Å². The monoisotopic (exact) mass is 472 g/mol. The Labute approximate surface area is 204 Å². The van der Waals surface area contributed by atoms with Gasteiger partial charge in [0.05, 0.1) is 19.2 Å². The van der Waals surface area contributed by atoms with Gasteiger partial charge in [-0.15, -0.1) is 5.10 Å². The summed E-state index contributed by atoms with van der Waals surface area (Å²) in [5.74, 6) is 1.50. The zero-order chi connectivity index (χ0) is 24.4. The maximum Gasteiger partial charge on any atom is 0.253 e. The molecule has 0 spiro atoms. The van der Waals surface area contributed by atoms with Gasteiger partial charge >= 0.3 is 0 Å². The number of nitrogens with zero attached hydrogens (tertiary/aromatic N) is 5. The van der Waals surface area contributed by atoms with E-state index in [0.717, 1.165) is 53.7 Å². The highest BCUT2D eigenvalue weighted by Gasteiger charge is 2.31. The zero-order valence-electron chi connectivity index (χ0n) is 20.6. The Balaban J connectivity index is 1.61. The van der Waals surface area contributed by atoms with E-state index in [4.69, 9.17) is 4.74 Å². The molecule has 182 valence electrons. The highest BCUT2D eigenvalue weighted by atomic mass is 16.5. The molecule has 4 aromatic rings. The third-order valence-electron chi connectivity index (χ3n) is 6.92.